The maximum absolute atomic E-state index is 11.6. The van der Waals surface area contributed by atoms with E-state index >= 15 is 0 Å². The average Bonchev–Trinajstić information content (AvgIpc) is 2.55. The molecule has 0 atom stereocenters. The number of carbonyl (C=O) groups is 1. The first-order valence-corrected chi connectivity index (χ1v) is 7.54. The van der Waals surface area contributed by atoms with E-state index in [1.165, 1.54) is 6.07 Å². The SMILES string of the molecule is CCOC(=O)CC(=N)c1c(O)ccc2nc(OCCOC)ccc12. The number of nitrogens with one attached hydrogen (secondary N) is 1. The van der Waals surface area contributed by atoms with Crippen molar-refractivity contribution in [3.8, 4) is 11.6 Å². The van der Waals surface area contributed by atoms with E-state index in [0.29, 0.717) is 30.0 Å². The molecule has 0 radical (unpaired) electrons. The molecule has 2 rings (SSSR count). The van der Waals surface area contributed by atoms with Crippen molar-refractivity contribution < 1.29 is 24.1 Å². The highest BCUT2D eigenvalue weighted by Crippen LogP contribution is 2.29. The van der Waals surface area contributed by atoms with Crippen LogP contribution in [0.1, 0.15) is 18.9 Å². The highest BCUT2D eigenvalue weighted by molar-refractivity contribution is 6.16. The number of pyridine rings is 1. The van der Waals surface area contributed by atoms with Crippen LogP contribution >= 0.6 is 0 Å². The zero-order valence-electron chi connectivity index (χ0n) is 13.7. The summed E-state index contributed by atoms with van der Waals surface area (Å²) in [4.78, 5) is 15.9. The summed E-state index contributed by atoms with van der Waals surface area (Å²) in [7, 11) is 1.58. The smallest absolute Gasteiger partial charge is 0.311 e. The van der Waals surface area contributed by atoms with Crippen LogP contribution < -0.4 is 4.74 Å². The number of ether oxygens (including phenoxy) is 3. The Labute approximate surface area is 139 Å². The molecule has 128 valence electrons. The number of phenols is 1. The molecule has 2 aromatic rings. The third-order valence-electron chi connectivity index (χ3n) is 3.29. The van der Waals surface area contributed by atoms with Crippen molar-refractivity contribution >= 4 is 22.6 Å². The fourth-order valence-electron chi connectivity index (χ4n) is 2.25. The van der Waals surface area contributed by atoms with Crippen LogP contribution in [0.4, 0.5) is 0 Å². The molecule has 0 aliphatic rings. The first kappa shape index (κ1) is 17.7. The van der Waals surface area contributed by atoms with Gasteiger partial charge in [0.2, 0.25) is 5.88 Å². The summed E-state index contributed by atoms with van der Waals surface area (Å²) >= 11 is 0. The molecule has 0 bridgehead atoms. The van der Waals surface area contributed by atoms with Gasteiger partial charge in [-0.05, 0) is 25.1 Å². The largest absolute Gasteiger partial charge is 0.507 e. The van der Waals surface area contributed by atoms with Gasteiger partial charge in [0.15, 0.2) is 0 Å². The number of carbonyl (C=O) groups excluding carboxylic acids is 1. The van der Waals surface area contributed by atoms with Gasteiger partial charge in [-0.3, -0.25) is 4.79 Å². The van der Waals surface area contributed by atoms with Gasteiger partial charge in [0.25, 0.3) is 0 Å². The maximum Gasteiger partial charge on any atom is 0.311 e. The Morgan fingerprint density at radius 3 is 2.75 bits per heavy atom. The predicted molar refractivity (Wildman–Crippen MR) is 88.9 cm³/mol. The molecule has 0 saturated heterocycles. The Morgan fingerprint density at radius 2 is 2.04 bits per heavy atom. The molecule has 0 unspecified atom stereocenters. The molecule has 1 aromatic heterocycles. The topological polar surface area (TPSA) is 102 Å². The van der Waals surface area contributed by atoms with Crippen LogP contribution in [0.3, 0.4) is 0 Å². The van der Waals surface area contributed by atoms with E-state index in [-0.39, 0.29) is 30.1 Å². The van der Waals surface area contributed by atoms with Crippen LogP contribution in [-0.4, -0.2) is 48.7 Å². The third kappa shape index (κ3) is 4.20. The monoisotopic (exact) mass is 332 g/mol. The Balaban J connectivity index is 2.30. The molecule has 7 heteroatoms. The lowest BCUT2D eigenvalue weighted by Gasteiger charge is -2.11. The Bertz CT molecular complexity index is 745. The summed E-state index contributed by atoms with van der Waals surface area (Å²) in [6, 6.07) is 6.44. The predicted octanol–water partition coefficient (Wildman–Crippen LogP) is 2.29. The summed E-state index contributed by atoms with van der Waals surface area (Å²) in [5.74, 6) is -0.161. The Hall–Kier alpha value is -2.67. The Morgan fingerprint density at radius 1 is 1.25 bits per heavy atom. The second-order valence-electron chi connectivity index (χ2n) is 4.98. The number of esters is 1. The van der Waals surface area contributed by atoms with Crippen LogP contribution in [0.25, 0.3) is 10.9 Å². The number of fused-ring (bicyclic) bond motifs is 1. The van der Waals surface area contributed by atoms with E-state index in [1.54, 1.807) is 32.2 Å². The summed E-state index contributed by atoms with van der Waals surface area (Å²) in [5, 5.41) is 18.8. The quantitative estimate of drug-likeness (QED) is 0.437. The highest BCUT2D eigenvalue weighted by Gasteiger charge is 2.17. The van der Waals surface area contributed by atoms with Crippen molar-refractivity contribution in [3.63, 3.8) is 0 Å². The third-order valence-corrected chi connectivity index (χ3v) is 3.29. The van der Waals surface area contributed by atoms with Gasteiger partial charge < -0.3 is 24.7 Å². The van der Waals surface area contributed by atoms with Gasteiger partial charge >= 0.3 is 5.97 Å². The zero-order chi connectivity index (χ0) is 17.5. The van der Waals surface area contributed by atoms with E-state index < -0.39 is 5.97 Å². The second kappa shape index (κ2) is 8.26. The van der Waals surface area contributed by atoms with E-state index in [2.05, 4.69) is 4.98 Å². The molecule has 0 fully saturated rings. The molecule has 2 N–H and O–H groups in total. The number of hydrogen-bond acceptors (Lipinski definition) is 7. The first-order valence-electron chi connectivity index (χ1n) is 7.54. The molecule has 0 aliphatic heterocycles. The second-order valence-corrected chi connectivity index (χ2v) is 4.98. The molecule has 1 heterocycles. The van der Waals surface area contributed by atoms with Crippen molar-refractivity contribution in [1.29, 1.82) is 5.41 Å². The van der Waals surface area contributed by atoms with Gasteiger partial charge in [-0.2, -0.15) is 0 Å². The number of nitrogens with zero attached hydrogens (tertiary/aromatic N) is 1. The molecular formula is C17H20N2O5. The lowest BCUT2D eigenvalue weighted by Crippen LogP contribution is -2.12. The van der Waals surface area contributed by atoms with Crippen molar-refractivity contribution in [2.45, 2.75) is 13.3 Å². The van der Waals surface area contributed by atoms with Crippen LogP contribution in [0.15, 0.2) is 24.3 Å². The zero-order valence-corrected chi connectivity index (χ0v) is 13.7. The molecule has 0 saturated carbocycles. The van der Waals surface area contributed by atoms with Crippen molar-refractivity contribution in [2.75, 3.05) is 26.9 Å². The van der Waals surface area contributed by atoms with E-state index in [0.717, 1.165) is 0 Å². The van der Waals surface area contributed by atoms with Gasteiger partial charge in [0.1, 0.15) is 12.4 Å². The number of hydrogen-bond donors (Lipinski definition) is 2. The van der Waals surface area contributed by atoms with Crippen molar-refractivity contribution in [2.24, 2.45) is 0 Å². The summed E-state index contributed by atoms with van der Waals surface area (Å²) in [5.41, 5.74) is 0.814. The number of aromatic hydroxyl groups is 1. The van der Waals surface area contributed by atoms with Gasteiger partial charge in [-0.15, -0.1) is 0 Å². The molecular weight excluding hydrogens is 312 g/mol. The number of aromatic nitrogens is 1. The van der Waals surface area contributed by atoms with Gasteiger partial charge in [-0.1, -0.05) is 0 Å². The number of rotatable bonds is 8. The molecule has 0 amide bonds. The fourth-order valence-corrected chi connectivity index (χ4v) is 2.25. The van der Waals surface area contributed by atoms with Crippen molar-refractivity contribution in [1.82, 2.24) is 4.98 Å². The highest BCUT2D eigenvalue weighted by atomic mass is 16.5. The van der Waals surface area contributed by atoms with Crippen LogP contribution in [-0.2, 0) is 14.3 Å². The normalized spacial score (nSPS) is 10.6. The molecule has 7 nitrogen and oxygen atoms in total. The molecule has 24 heavy (non-hydrogen) atoms. The molecule has 0 spiro atoms. The lowest BCUT2D eigenvalue weighted by molar-refractivity contribution is -0.141. The minimum Gasteiger partial charge on any atom is -0.507 e. The number of methoxy groups -OCH3 is 1. The van der Waals surface area contributed by atoms with Gasteiger partial charge in [0.05, 0.1) is 30.9 Å². The maximum atomic E-state index is 11.6. The van der Waals surface area contributed by atoms with Crippen LogP contribution in [0.2, 0.25) is 0 Å². The van der Waals surface area contributed by atoms with Gasteiger partial charge in [-0.25, -0.2) is 4.98 Å². The number of phenolic OH excluding ortho intramolecular Hbond substituents is 1. The van der Waals surface area contributed by atoms with Crippen LogP contribution in [0.5, 0.6) is 11.6 Å². The summed E-state index contributed by atoms with van der Waals surface area (Å²) in [6.07, 6.45) is -0.216. The first-order chi connectivity index (χ1) is 11.6. The van der Waals surface area contributed by atoms with E-state index in [4.69, 9.17) is 19.6 Å². The molecule has 0 aliphatic carbocycles. The van der Waals surface area contributed by atoms with Crippen LogP contribution in [0, 0.1) is 5.41 Å². The lowest BCUT2D eigenvalue weighted by atomic mass is 10.0. The Kier molecular flexibility index (Phi) is 6.08. The minimum absolute atomic E-state index is 0.0219. The van der Waals surface area contributed by atoms with Crippen molar-refractivity contribution in [3.05, 3.63) is 29.8 Å². The average molecular weight is 332 g/mol. The number of benzene rings is 1. The van der Waals surface area contributed by atoms with E-state index in [1.807, 2.05) is 0 Å². The summed E-state index contributed by atoms with van der Waals surface area (Å²) < 4.78 is 15.2. The van der Waals surface area contributed by atoms with Gasteiger partial charge in [0, 0.05) is 24.1 Å². The fraction of sp³-hybridized carbons (Fsp3) is 0.353. The minimum atomic E-state index is -0.508. The summed E-state index contributed by atoms with van der Waals surface area (Å²) in [6.45, 7) is 2.77. The van der Waals surface area contributed by atoms with E-state index in [9.17, 15) is 9.90 Å². The molecule has 1 aromatic carbocycles. The standard InChI is InChI=1S/C17H20N2O5/c1-3-23-16(21)10-12(18)17-11-4-7-15(24-9-8-22-2)19-13(11)5-6-14(17)20/h4-7,18,20H,3,8-10H2,1-2H3.